The largest absolute Gasteiger partial charge is 0.308 e. The third kappa shape index (κ3) is 4.61. The van der Waals surface area contributed by atoms with E-state index in [-0.39, 0.29) is 0 Å². The van der Waals surface area contributed by atoms with Crippen molar-refractivity contribution in [3.8, 4) is 6.07 Å². The fraction of sp³-hybridized carbons (Fsp3) is 0.562. The molecule has 1 heterocycles. The van der Waals surface area contributed by atoms with Crippen LogP contribution in [0.4, 0.5) is 0 Å². The normalized spacial score (nSPS) is 17.3. The Morgan fingerprint density at radius 3 is 2.50 bits per heavy atom. The van der Waals surface area contributed by atoms with E-state index in [2.05, 4.69) is 40.9 Å². The van der Waals surface area contributed by atoms with E-state index in [1.54, 1.807) is 0 Å². The van der Waals surface area contributed by atoms with E-state index in [0.717, 1.165) is 51.4 Å². The highest BCUT2D eigenvalue weighted by Crippen LogP contribution is 2.10. The van der Waals surface area contributed by atoms with E-state index in [1.165, 1.54) is 5.56 Å². The van der Waals surface area contributed by atoms with Crippen LogP contribution < -0.4 is 0 Å². The van der Waals surface area contributed by atoms with Crippen LogP contribution in [-0.2, 0) is 6.54 Å². The van der Waals surface area contributed by atoms with E-state index < -0.39 is 0 Å². The van der Waals surface area contributed by atoms with Crippen LogP contribution in [0, 0.1) is 11.3 Å². The fourth-order valence-electron chi connectivity index (χ4n) is 2.51. The maximum atomic E-state index is 8.93. The zero-order valence-electron chi connectivity index (χ0n) is 12.5. The molecule has 0 bridgehead atoms. The standard InChI is InChI=1S/C16H24N4/c1-18(2)6-7-19-8-10-20(11-9-19)14-16-5-3-4-15(12-16)13-17/h3-5,12H,6-11,14H2,1-2H3. The lowest BCUT2D eigenvalue weighted by molar-refractivity contribution is 0.120. The minimum atomic E-state index is 0.757. The molecule has 0 amide bonds. The van der Waals surface area contributed by atoms with Gasteiger partial charge in [-0.05, 0) is 31.8 Å². The third-order valence-electron chi connectivity index (χ3n) is 3.79. The minimum Gasteiger partial charge on any atom is -0.308 e. The highest BCUT2D eigenvalue weighted by atomic mass is 15.3. The Balaban J connectivity index is 1.78. The molecule has 0 saturated carbocycles. The van der Waals surface area contributed by atoms with Gasteiger partial charge in [0.05, 0.1) is 11.6 Å². The Morgan fingerprint density at radius 1 is 1.15 bits per heavy atom. The van der Waals surface area contributed by atoms with Crippen LogP contribution in [-0.4, -0.2) is 68.1 Å². The molecule has 1 aromatic carbocycles. The minimum absolute atomic E-state index is 0.757. The molecule has 0 spiro atoms. The Kier molecular flexibility index (Phi) is 5.54. The van der Waals surface area contributed by atoms with Crippen molar-refractivity contribution in [1.29, 1.82) is 5.26 Å². The van der Waals surface area contributed by atoms with Crippen molar-refractivity contribution in [3.05, 3.63) is 35.4 Å². The summed E-state index contributed by atoms with van der Waals surface area (Å²) in [6.07, 6.45) is 0. The molecule has 108 valence electrons. The first-order valence-corrected chi connectivity index (χ1v) is 7.26. The zero-order valence-corrected chi connectivity index (χ0v) is 12.5. The SMILES string of the molecule is CN(C)CCN1CCN(Cc2cccc(C#N)c2)CC1. The van der Waals surface area contributed by atoms with Crippen molar-refractivity contribution in [2.24, 2.45) is 0 Å². The molecule has 0 atom stereocenters. The Hall–Kier alpha value is -1.41. The molecule has 0 radical (unpaired) electrons. The van der Waals surface area contributed by atoms with Gasteiger partial charge < -0.3 is 4.90 Å². The maximum absolute atomic E-state index is 8.93. The molecule has 1 aliphatic rings. The predicted octanol–water partition coefficient (Wildman–Crippen LogP) is 1.24. The van der Waals surface area contributed by atoms with Crippen LogP contribution in [0.15, 0.2) is 24.3 Å². The van der Waals surface area contributed by atoms with E-state index in [9.17, 15) is 0 Å². The van der Waals surface area contributed by atoms with Gasteiger partial charge in [0.25, 0.3) is 0 Å². The van der Waals surface area contributed by atoms with Crippen LogP contribution in [0.3, 0.4) is 0 Å². The average molecular weight is 272 g/mol. The lowest BCUT2D eigenvalue weighted by atomic mass is 10.1. The van der Waals surface area contributed by atoms with E-state index >= 15 is 0 Å². The molecule has 1 aliphatic heterocycles. The van der Waals surface area contributed by atoms with Crippen molar-refractivity contribution in [2.75, 3.05) is 53.4 Å². The summed E-state index contributed by atoms with van der Waals surface area (Å²) >= 11 is 0. The van der Waals surface area contributed by atoms with Crippen LogP contribution in [0.2, 0.25) is 0 Å². The molecular weight excluding hydrogens is 248 g/mol. The Bertz CT molecular complexity index is 456. The topological polar surface area (TPSA) is 33.5 Å². The number of rotatable bonds is 5. The number of likely N-dealkylation sites (N-methyl/N-ethyl adjacent to an activating group) is 1. The maximum Gasteiger partial charge on any atom is 0.0991 e. The first kappa shape index (κ1) is 15.0. The summed E-state index contributed by atoms with van der Waals surface area (Å²) in [4.78, 5) is 7.24. The van der Waals surface area contributed by atoms with Crippen molar-refractivity contribution < 1.29 is 0 Å². The number of benzene rings is 1. The lowest BCUT2D eigenvalue weighted by Crippen LogP contribution is -2.47. The molecule has 20 heavy (non-hydrogen) atoms. The van der Waals surface area contributed by atoms with Gasteiger partial charge in [-0.1, -0.05) is 12.1 Å². The molecule has 1 saturated heterocycles. The first-order chi connectivity index (χ1) is 9.67. The number of hydrogen-bond acceptors (Lipinski definition) is 4. The predicted molar refractivity (Wildman–Crippen MR) is 81.4 cm³/mol. The van der Waals surface area contributed by atoms with Gasteiger partial charge in [0.1, 0.15) is 0 Å². The van der Waals surface area contributed by atoms with E-state index in [4.69, 9.17) is 5.26 Å². The van der Waals surface area contributed by atoms with Crippen molar-refractivity contribution >= 4 is 0 Å². The van der Waals surface area contributed by atoms with Crippen LogP contribution >= 0.6 is 0 Å². The summed E-state index contributed by atoms with van der Waals surface area (Å²) in [6.45, 7) is 7.76. The number of nitriles is 1. The van der Waals surface area contributed by atoms with Gasteiger partial charge in [-0.15, -0.1) is 0 Å². The van der Waals surface area contributed by atoms with Gasteiger partial charge in [0.2, 0.25) is 0 Å². The fourth-order valence-corrected chi connectivity index (χ4v) is 2.51. The second-order valence-electron chi connectivity index (χ2n) is 5.73. The monoisotopic (exact) mass is 272 g/mol. The van der Waals surface area contributed by atoms with Gasteiger partial charge in [0, 0.05) is 45.8 Å². The summed E-state index contributed by atoms with van der Waals surface area (Å²) < 4.78 is 0. The molecule has 4 heteroatoms. The summed E-state index contributed by atoms with van der Waals surface area (Å²) in [5.74, 6) is 0. The molecule has 0 unspecified atom stereocenters. The molecule has 0 N–H and O–H groups in total. The average Bonchev–Trinajstić information content (AvgIpc) is 2.47. The quantitative estimate of drug-likeness (QED) is 0.807. The van der Waals surface area contributed by atoms with Crippen molar-refractivity contribution in [2.45, 2.75) is 6.54 Å². The first-order valence-electron chi connectivity index (χ1n) is 7.26. The molecule has 2 rings (SSSR count). The van der Waals surface area contributed by atoms with Gasteiger partial charge >= 0.3 is 0 Å². The van der Waals surface area contributed by atoms with Gasteiger partial charge in [-0.3, -0.25) is 9.80 Å². The van der Waals surface area contributed by atoms with Crippen LogP contribution in [0.25, 0.3) is 0 Å². The Morgan fingerprint density at radius 2 is 1.85 bits per heavy atom. The molecule has 1 aromatic rings. The van der Waals surface area contributed by atoms with Gasteiger partial charge in [-0.25, -0.2) is 0 Å². The van der Waals surface area contributed by atoms with Crippen LogP contribution in [0.5, 0.6) is 0 Å². The second kappa shape index (κ2) is 7.39. The second-order valence-corrected chi connectivity index (χ2v) is 5.73. The summed E-state index contributed by atoms with van der Waals surface area (Å²) in [6, 6.07) is 10.2. The van der Waals surface area contributed by atoms with E-state index in [1.807, 2.05) is 18.2 Å². The summed E-state index contributed by atoms with van der Waals surface area (Å²) in [7, 11) is 4.25. The van der Waals surface area contributed by atoms with Crippen molar-refractivity contribution in [3.63, 3.8) is 0 Å². The van der Waals surface area contributed by atoms with Gasteiger partial charge in [-0.2, -0.15) is 5.26 Å². The zero-order chi connectivity index (χ0) is 14.4. The lowest BCUT2D eigenvalue weighted by Gasteiger charge is -2.35. The molecular formula is C16H24N4. The highest BCUT2D eigenvalue weighted by molar-refractivity contribution is 5.32. The summed E-state index contributed by atoms with van der Waals surface area (Å²) in [5.41, 5.74) is 2.00. The van der Waals surface area contributed by atoms with Gasteiger partial charge in [0.15, 0.2) is 0 Å². The highest BCUT2D eigenvalue weighted by Gasteiger charge is 2.16. The van der Waals surface area contributed by atoms with Crippen LogP contribution in [0.1, 0.15) is 11.1 Å². The molecule has 4 nitrogen and oxygen atoms in total. The summed E-state index contributed by atoms with van der Waals surface area (Å²) in [5, 5.41) is 8.93. The molecule has 0 aromatic heterocycles. The molecule has 0 aliphatic carbocycles. The van der Waals surface area contributed by atoms with E-state index in [0.29, 0.717) is 0 Å². The Labute approximate surface area is 122 Å². The number of nitrogens with zero attached hydrogens (tertiary/aromatic N) is 4. The third-order valence-corrected chi connectivity index (χ3v) is 3.79. The number of piperazine rings is 1. The van der Waals surface area contributed by atoms with Crippen molar-refractivity contribution in [1.82, 2.24) is 14.7 Å². The smallest absolute Gasteiger partial charge is 0.0991 e. The molecule has 1 fully saturated rings. The number of hydrogen-bond donors (Lipinski definition) is 0.